The maximum atomic E-state index is 12.9. The number of imide groups is 1. The van der Waals surface area contributed by atoms with Crippen molar-refractivity contribution in [3.63, 3.8) is 0 Å². The Balaban J connectivity index is 1.36. The van der Waals surface area contributed by atoms with Crippen molar-refractivity contribution in [1.29, 1.82) is 0 Å². The maximum Gasteiger partial charge on any atom is 0.293 e. The molecule has 0 spiro atoms. The number of carbonyl (C=O) groups excluding carboxylic acids is 2. The normalized spacial score (nSPS) is 16.6. The highest BCUT2D eigenvalue weighted by atomic mass is 127. The number of rotatable bonds is 4. The molecule has 2 aromatic carbocycles. The summed E-state index contributed by atoms with van der Waals surface area (Å²) in [6.07, 6.45) is 1.59. The van der Waals surface area contributed by atoms with Gasteiger partial charge in [-0.25, -0.2) is 0 Å². The second-order valence-electron chi connectivity index (χ2n) is 6.77. The maximum absolute atomic E-state index is 12.9. The molecule has 0 N–H and O–H groups in total. The van der Waals surface area contributed by atoms with Crippen molar-refractivity contribution in [3.8, 4) is 22.8 Å². The number of nitrogens with zero attached hydrogens (tertiary/aromatic N) is 1. The molecular weight excluding hydrogens is 553 g/mol. The van der Waals surface area contributed by atoms with Gasteiger partial charge in [0.2, 0.25) is 6.79 Å². The molecule has 1 saturated heterocycles. The molecular formula is C22H13ClINO5S. The summed E-state index contributed by atoms with van der Waals surface area (Å²) in [5.41, 5.74) is 1.54. The van der Waals surface area contributed by atoms with Gasteiger partial charge in [0.05, 0.1) is 11.4 Å². The largest absolute Gasteiger partial charge is 0.457 e. The fourth-order valence-electron chi connectivity index (χ4n) is 3.22. The lowest BCUT2D eigenvalue weighted by Crippen LogP contribution is -2.27. The molecule has 3 heterocycles. The Morgan fingerprint density at radius 2 is 1.81 bits per heavy atom. The van der Waals surface area contributed by atoms with Gasteiger partial charge in [-0.15, -0.1) is 0 Å². The van der Waals surface area contributed by atoms with Crippen molar-refractivity contribution in [2.45, 2.75) is 6.54 Å². The van der Waals surface area contributed by atoms with Crippen molar-refractivity contribution < 1.29 is 23.5 Å². The molecule has 31 heavy (non-hydrogen) atoms. The van der Waals surface area contributed by atoms with E-state index in [0.29, 0.717) is 38.5 Å². The SMILES string of the molecule is O=C1S/C(=C\c2ccc(-c3ccc(I)cc3)o2)C(=O)N1Cc1cc2c(cc1Cl)OCO2. The average Bonchev–Trinajstić information content (AvgIpc) is 3.45. The number of hydrogen-bond acceptors (Lipinski definition) is 6. The van der Waals surface area contributed by atoms with Crippen LogP contribution in [0.4, 0.5) is 4.79 Å². The molecule has 0 bridgehead atoms. The van der Waals surface area contributed by atoms with E-state index in [1.165, 1.54) is 0 Å². The summed E-state index contributed by atoms with van der Waals surface area (Å²) in [5.74, 6) is 1.88. The van der Waals surface area contributed by atoms with E-state index >= 15 is 0 Å². The number of ether oxygens (including phenoxy) is 2. The minimum absolute atomic E-state index is 0.0452. The van der Waals surface area contributed by atoms with Gasteiger partial charge >= 0.3 is 0 Å². The average molecular weight is 566 g/mol. The molecule has 0 radical (unpaired) electrons. The van der Waals surface area contributed by atoms with E-state index in [2.05, 4.69) is 22.6 Å². The van der Waals surface area contributed by atoms with Gasteiger partial charge in [0.25, 0.3) is 11.1 Å². The van der Waals surface area contributed by atoms with E-state index in [9.17, 15) is 9.59 Å². The Morgan fingerprint density at radius 1 is 1.06 bits per heavy atom. The van der Waals surface area contributed by atoms with Crippen LogP contribution >= 0.6 is 46.0 Å². The van der Waals surface area contributed by atoms with Crippen LogP contribution in [0.1, 0.15) is 11.3 Å². The molecule has 2 aliphatic rings. The monoisotopic (exact) mass is 565 g/mol. The van der Waals surface area contributed by atoms with Gasteiger partial charge in [-0.05, 0) is 70.2 Å². The van der Waals surface area contributed by atoms with Crippen molar-refractivity contribution >= 4 is 63.2 Å². The lowest BCUT2D eigenvalue weighted by Gasteiger charge is -2.14. The number of halogens is 2. The number of carbonyl (C=O) groups is 2. The van der Waals surface area contributed by atoms with Gasteiger partial charge in [0, 0.05) is 26.3 Å². The highest BCUT2D eigenvalue weighted by Gasteiger charge is 2.36. The van der Waals surface area contributed by atoms with Gasteiger partial charge in [-0.2, -0.15) is 0 Å². The Labute approximate surface area is 200 Å². The van der Waals surface area contributed by atoms with Crippen LogP contribution in [0.25, 0.3) is 17.4 Å². The Morgan fingerprint density at radius 3 is 2.58 bits per heavy atom. The molecule has 0 atom stereocenters. The number of furan rings is 1. The fourth-order valence-corrected chi connectivity index (χ4v) is 4.61. The van der Waals surface area contributed by atoms with Crippen LogP contribution in [-0.4, -0.2) is 22.8 Å². The topological polar surface area (TPSA) is 69.0 Å². The zero-order valence-electron chi connectivity index (χ0n) is 15.8. The lowest BCUT2D eigenvalue weighted by molar-refractivity contribution is -0.123. The van der Waals surface area contributed by atoms with Crippen molar-refractivity contribution in [3.05, 3.63) is 73.4 Å². The van der Waals surface area contributed by atoms with Gasteiger partial charge < -0.3 is 13.9 Å². The van der Waals surface area contributed by atoms with E-state index in [4.69, 9.17) is 25.5 Å². The second-order valence-corrected chi connectivity index (χ2v) is 9.42. The van der Waals surface area contributed by atoms with Crippen LogP contribution in [0.2, 0.25) is 5.02 Å². The minimum atomic E-state index is -0.393. The third-order valence-corrected chi connectivity index (χ3v) is 6.75. The first-order valence-corrected chi connectivity index (χ1v) is 11.4. The van der Waals surface area contributed by atoms with Crippen molar-refractivity contribution in [2.75, 3.05) is 6.79 Å². The van der Waals surface area contributed by atoms with E-state index in [0.717, 1.165) is 25.8 Å². The van der Waals surface area contributed by atoms with Crippen LogP contribution in [-0.2, 0) is 11.3 Å². The summed E-state index contributed by atoms with van der Waals surface area (Å²) in [6.45, 7) is 0.163. The molecule has 0 aliphatic carbocycles. The smallest absolute Gasteiger partial charge is 0.293 e. The predicted octanol–water partition coefficient (Wildman–Crippen LogP) is 6.17. The lowest BCUT2D eigenvalue weighted by atomic mass is 10.2. The minimum Gasteiger partial charge on any atom is -0.457 e. The molecule has 5 rings (SSSR count). The fraction of sp³-hybridized carbons (Fsp3) is 0.0909. The predicted molar refractivity (Wildman–Crippen MR) is 126 cm³/mol. The van der Waals surface area contributed by atoms with E-state index in [1.54, 1.807) is 24.3 Å². The van der Waals surface area contributed by atoms with Crippen molar-refractivity contribution in [1.82, 2.24) is 4.90 Å². The highest BCUT2D eigenvalue weighted by molar-refractivity contribution is 14.1. The summed E-state index contributed by atoms with van der Waals surface area (Å²) in [6, 6.07) is 14.8. The van der Waals surface area contributed by atoms with Crippen LogP contribution < -0.4 is 9.47 Å². The van der Waals surface area contributed by atoms with Gasteiger partial charge in [0.15, 0.2) is 11.5 Å². The zero-order chi connectivity index (χ0) is 21.5. The number of hydrogen-bond donors (Lipinski definition) is 0. The molecule has 1 aromatic heterocycles. The first kappa shape index (κ1) is 20.5. The van der Waals surface area contributed by atoms with Gasteiger partial charge in [-0.1, -0.05) is 23.7 Å². The molecule has 156 valence electrons. The number of benzene rings is 2. The highest BCUT2D eigenvalue weighted by Crippen LogP contribution is 2.39. The third-order valence-electron chi connectivity index (χ3n) is 4.77. The number of amides is 2. The van der Waals surface area contributed by atoms with E-state index in [-0.39, 0.29) is 18.6 Å². The Hall–Kier alpha value is -2.43. The van der Waals surface area contributed by atoms with Crippen LogP contribution in [0.15, 0.2) is 57.9 Å². The summed E-state index contributed by atoms with van der Waals surface area (Å²) >= 11 is 9.41. The molecule has 2 amide bonds. The third kappa shape index (κ3) is 4.07. The first-order valence-electron chi connectivity index (χ1n) is 9.17. The molecule has 6 nitrogen and oxygen atoms in total. The van der Waals surface area contributed by atoms with Crippen LogP contribution in [0.5, 0.6) is 11.5 Å². The first-order chi connectivity index (χ1) is 15.0. The summed E-state index contributed by atoms with van der Waals surface area (Å²) in [7, 11) is 0. The molecule has 9 heteroatoms. The summed E-state index contributed by atoms with van der Waals surface area (Å²) < 4.78 is 17.6. The summed E-state index contributed by atoms with van der Waals surface area (Å²) in [4.78, 5) is 26.8. The van der Waals surface area contributed by atoms with Crippen molar-refractivity contribution in [2.24, 2.45) is 0 Å². The van der Waals surface area contributed by atoms with Gasteiger partial charge in [-0.3, -0.25) is 14.5 Å². The number of fused-ring (bicyclic) bond motifs is 1. The van der Waals surface area contributed by atoms with Crippen LogP contribution in [0.3, 0.4) is 0 Å². The van der Waals surface area contributed by atoms with Gasteiger partial charge in [0.1, 0.15) is 11.5 Å². The van der Waals surface area contributed by atoms with Crippen LogP contribution in [0, 0.1) is 3.57 Å². The zero-order valence-corrected chi connectivity index (χ0v) is 19.5. The second kappa shape index (κ2) is 8.25. The quantitative estimate of drug-likeness (QED) is 0.278. The standard InChI is InChI=1S/C22H13ClINO5S/c23-16-9-19-18(28-11-29-19)7-13(16)10-25-21(26)20(31-22(25)27)8-15-5-6-17(30-15)12-1-3-14(24)4-2-12/h1-9H,10-11H2/b20-8-. The molecule has 2 aliphatic heterocycles. The van der Waals surface area contributed by atoms with E-state index < -0.39 is 5.91 Å². The number of thioether (sulfide) groups is 1. The Kier molecular flexibility index (Phi) is 5.45. The Bertz CT molecular complexity index is 1240. The molecule has 0 unspecified atom stereocenters. The molecule has 1 fully saturated rings. The van der Waals surface area contributed by atoms with E-state index in [1.807, 2.05) is 30.3 Å². The summed E-state index contributed by atoms with van der Waals surface area (Å²) in [5, 5.41) is 0.0369. The molecule has 3 aromatic rings. The molecule has 0 saturated carbocycles.